The molecule has 0 bridgehead atoms. The van der Waals surface area contributed by atoms with Gasteiger partial charge in [0.1, 0.15) is 0 Å². The zero-order chi connectivity index (χ0) is 30.3. The van der Waals surface area contributed by atoms with Gasteiger partial charge in [0, 0.05) is 30.7 Å². The predicted molar refractivity (Wildman–Crippen MR) is 166 cm³/mol. The van der Waals surface area contributed by atoms with E-state index in [1.807, 2.05) is 84.9 Å². The predicted octanol–water partition coefficient (Wildman–Crippen LogP) is 11.9. The van der Waals surface area contributed by atoms with Crippen LogP contribution in [-0.4, -0.2) is 17.8 Å². The van der Waals surface area contributed by atoms with Gasteiger partial charge in [0.2, 0.25) is 0 Å². The molecule has 1 aliphatic carbocycles. The summed E-state index contributed by atoms with van der Waals surface area (Å²) in [5, 5.41) is 3.50. The topological polar surface area (TPSA) is 0 Å². The number of allylic oxidation sites excluding steroid dienone is 2. The first kappa shape index (κ1) is 27.9. The lowest BCUT2D eigenvalue weighted by molar-refractivity contribution is -0.254. The third-order valence-electron chi connectivity index (χ3n) is 8.15. The van der Waals surface area contributed by atoms with Crippen LogP contribution in [0.1, 0.15) is 20.9 Å². The summed E-state index contributed by atoms with van der Waals surface area (Å²) in [6, 6.07) is 28.7. The molecule has 0 saturated carbocycles. The van der Waals surface area contributed by atoms with Gasteiger partial charge in [-0.05, 0) is 69.8 Å². The summed E-state index contributed by atoms with van der Waals surface area (Å²) in [6.45, 7) is 3.01. The highest BCUT2D eigenvalue weighted by Gasteiger charge is 2.80. The van der Waals surface area contributed by atoms with Gasteiger partial charge in [-0.3, -0.25) is 0 Å². The molecule has 0 radical (unpaired) electrons. The molecule has 0 spiro atoms. The van der Waals surface area contributed by atoms with Gasteiger partial charge in [0.15, 0.2) is 0 Å². The molecular weight excluding hydrogens is 599 g/mol. The van der Waals surface area contributed by atoms with Gasteiger partial charge in [-0.15, -0.1) is 22.7 Å². The van der Waals surface area contributed by atoms with Gasteiger partial charge in [0.25, 0.3) is 0 Å². The Morgan fingerprint density at radius 2 is 0.837 bits per heavy atom. The Morgan fingerprint density at radius 3 is 1.26 bits per heavy atom. The second-order valence-corrected chi connectivity index (χ2v) is 13.2. The van der Waals surface area contributed by atoms with Crippen molar-refractivity contribution in [3.63, 3.8) is 0 Å². The van der Waals surface area contributed by atoms with Crippen LogP contribution >= 0.6 is 22.7 Å². The summed E-state index contributed by atoms with van der Waals surface area (Å²) >= 11 is 2.24. The normalized spacial score (nSPS) is 17.3. The summed E-state index contributed by atoms with van der Waals surface area (Å²) in [7, 11) is 0. The van der Waals surface area contributed by atoms with Crippen LogP contribution in [0, 0.1) is 13.8 Å². The van der Waals surface area contributed by atoms with Crippen LogP contribution in [-0.2, 0) is 0 Å². The van der Waals surface area contributed by atoms with E-state index in [0.717, 1.165) is 44.2 Å². The van der Waals surface area contributed by atoms with Crippen molar-refractivity contribution >= 4 is 55.4 Å². The lowest BCUT2D eigenvalue weighted by Gasteiger charge is -2.25. The Balaban J connectivity index is 1.48. The second kappa shape index (κ2) is 9.56. The average molecular weight is 621 g/mol. The third kappa shape index (κ3) is 3.96. The molecule has 7 rings (SSSR count). The van der Waals surface area contributed by atoms with Gasteiger partial charge in [-0.1, -0.05) is 84.9 Å². The molecule has 0 aliphatic heterocycles. The van der Waals surface area contributed by atoms with Crippen molar-refractivity contribution in [3.8, 4) is 20.9 Å². The van der Waals surface area contributed by atoms with Crippen molar-refractivity contribution in [2.75, 3.05) is 0 Å². The maximum Gasteiger partial charge on any atom is 0.380 e. The Kier molecular flexibility index (Phi) is 6.21. The van der Waals surface area contributed by atoms with Gasteiger partial charge in [0.05, 0.1) is 0 Å². The molecule has 216 valence electrons. The fourth-order valence-electron chi connectivity index (χ4n) is 6.04. The highest BCUT2D eigenvalue weighted by atomic mass is 32.1. The van der Waals surface area contributed by atoms with Crippen molar-refractivity contribution in [1.29, 1.82) is 0 Å². The first-order valence-corrected chi connectivity index (χ1v) is 15.1. The zero-order valence-electron chi connectivity index (χ0n) is 22.8. The first-order chi connectivity index (χ1) is 20.4. The Labute approximate surface area is 251 Å². The highest BCUT2D eigenvalue weighted by Crippen LogP contribution is 2.66. The summed E-state index contributed by atoms with van der Waals surface area (Å²) in [4.78, 5) is 1.57. The number of benzene rings is 4. The average Bonchev–Trinajstić information content (AvgIpc) is 3.58. The van der Waals surface area contributed by atoms with E-state index in [1.54, 1.807) is 0 Å². The fraction of sp³-hybridized carbons (Fsp3) is 0.143. The van der Waals surface area contributed by atoms with E-state index >= 15 is 26.3 Å². The van der Waals surface area contributed by atoms with Crippen LogP contribution in [0.3, 0.4) is 0 Å². The molecule has 0 amide bonds. The fourth-order valence-corrected chi connectivity index (χ4v) is 8.17. The van der Waals surface area contributed by atoms with E-state index < -0.39 is 28.9 Å². The van der Waals surface area contributed by atoms with Crippen LogP contribution in [0.15, 0.2) is 97.1 Å². The number of rotatable bonds is 4. The molecule has 6 aromatic rings. The van der Waals surface area contributed by atoms with Crippen LogP contribution in [0.5, 0.6) is 0 Å². The van der Waals surface area contributed by atoms with Crippen LogP contribution in [0.2, 0.25) is 0 Å². The van der Waals surface area contributed by atoms with Crippen LogP contribution in [0.4, 0.5) is 26.3 Å². The Bertz CT molecular complexity index is 1940. The van der Waals surface area contributed by atoms with E-state index in [2.05, 4.69) is 0 Å². The number of alkyl halides is 6. The number of fused-ring (bicyclic) bond motifs is 2. The molecule has 0 fully saturated rings. The monoisotopic (exact) mass is 620 g/mol. The van der Waals surface area contributed by atoms with Crippen molar-refractivity contribution in [1.82, 2.24) is 0 Å². The second-order valence-electron chi connectivity index (χ2n) is 10.7. The molecule has 43 heavy (non-hydrogen) atoms. The van der Waals surface area contributed by atoms with Gasteiger partial charge < -0.3 is 0 Å². The summed E-state index contributed by atoms with van der Waals surface area (Å²) in [5.41, 5.74) is -1.78. The van der Waals surface area contributed by atoms with Gasteiger partial charge in [-0.2, -0.15) is 26.3 Å². The van der Waals surface area contributed by atoms with E-state index in [4.69, 9.17) is 0 Å². The minimum Gasteiger partial charge on any atom is -0.194 e. The van der Waals surface area contributed by atoms with Crippen molar-refractivity contribution in [2.24, 2.45) is 0 Å². The molecule has 8 heteroatoms. The van der Waals surface area contributed by atoms with E-state index in [-0.39, 0.29) is 20.9 Å². The minimum absolute atomic E-state index is 0.255. The Morgan fingerprint density at radius 1 is 0.465 bits per heavy atom. The smallest absolute Gasteiger partial charge is 0.194 e. The number of hydrogen-bond donors (Lipinski definition) is 0. The van der Waals surface area contributed by atoms with Crippen LogP contribution < -0.4 is 0 Å². The largest absolute Gasteiger partial charge is 0.380 e. The van der Waals surface area contributed by atoms with Crippen molar-refractivity contribution in [3.05, 3.63) is 118 Å². The highest BCUT2D eigenvalue weighted by molar-refractivity contribution is 7.16. The first-order valence-electron chi connectivity index (χ1n) is 13.5. The third-order valence-corrected chi connectivity index (χ3v) is 10.3. The van der Waals surface area contributed by atoms with E-state index in [1.165, 1.54) is 26.0 Å². The lowest BCUT2D eigenvalue weighted by Crippen LogP contribution is -2.48. The van der Waals surface area contributed by atoms with Crippen molar-refractivity contribution < 1.29 is 26.3 Å². The molecule has 4 aromatic carbocycles. The van der Waals surface area contributed by atoms with Gasteiger partial charge >= 0.3 is 17.8 Å². The number of halogens is 6. The van der Waals surface area contributed by atoms with Crippen LogP contribution in [0.25, 0.3) is 53.6 Å². The van der Waals surface area contributed by atoms with E-state index in [0.29, 0.717) is 20.9 Å². The summed E-state index contributed by atoms with van der Waals surface area (Å²) < 4.78 is 93.3. The molecule has 0 atom stereocenters. The Hall–Kier alpha value is -3.88. The van der Waals surface area contributed by atoms with Crippen molar-refractivity contribution in [2.45, 2.75) is 31.6 Å². The number of hydrogen-bond acceptors (Lipinski definition) is 2. The molecule has 0 nitrogen and oxygen atoms in total. The maximum absolute atomic E-state index is 15.7. The minimum atomic E-state index is -5.62. The van der Waals surface area contributed by atoms with E-state index in [9.17, 15) is 0 Å². The SMILES string of the molecule is Cc1sc(-c2cccc3ccccc23)cc1C1=C(c2cc(-c3cccc4ccccc34)sc2C)C(F)(F)C(F)(F)C1(F)F. The number of thiophene rings is 2. The maximum atomic E-state index is 15.7. The van der Waals surface area contributed by atoms with Gasteiger partial charge in [-0.25, -0.2) is 0 Å². The summed E-state index contributed by atoms with van der Waals surface area (Å²) in [5.74, 6) is -15.8. The standard InChI is InChI=1S/C35H22F6S2/c1-19-27(17-29(42-19)25-15-7-11-21-9-3-5-13-23(21)25)31-32(34(38,39)35(40,41)33(31,36)37)28-18-30(43-20(28)2)26-16-8-12-22-10-4-6-14-24(22)26/h3-18H,1-2H3. The molecule has 1 aliphatic rings. The molecular formula is C35H22F6S2. The molecule has 2 heterocycles. The number of aryl methyl sites for hydroxylation is 2. The molecule has 2 aromatic heterocycles. The lowest BCUT2D eigenvalue weighted by atomic mass is 9.94. The summed E-state index contributed by atoms with van der Waals surface area (Å²) in [6.07, 6.45) is 0. The zero-order valence-corrected chi connectivity index (χ0v) is 24.5. The quantitative estimate of drug-likeness (QED) is 0.172. The molecule has 0 unspecified atom stereocenters. The molecule has 0 N–H and O–H groups in total. The molecule has 0 saturated heterocycles.